The number of nitrogens with zero attached hydrogens (tertiary/aromatic N) is 1. The molecule has 176 valence electrons. The van der Waals surface area contributed by atoms with E-state index in [-0.39, 0.29) is 5.91 Å². The Morgan fingerprint density at radius 1 is 1.00 bits per heavy atom. The molecule has 0 saturated heterocycles. The van der Waals surface area contributed by atoms with E-state index in [4.69, 9.17) is 9.26 Å². The number of fused-ring (bicyclic) bond motifs is 1. The van der Waals surface area contributed by atoms with Crippen LogP contribution in [0.5, 0.6) is 0 Å². The molecule has 0 radical (unpaired) electrons. The van der Waals surface area contributed by atoms with E-state index >= 15 is 0 Å². The van der Waals surface area contributed by atoms with Crippen molar-refractivity contribution in [2.24, 2.45) is 0 Å². The van der Waals surface area contributed by atoms with Crippen LogP contribution in [0.15, 0.2) is 77.3 Å². The number of benzene rings is 3. The summed E-state index contributed by atoms with van der Waals surface area (Å²) in [4.78, 5) is 24.3. The number of carbonyl (C=O) groups is 2. The molecule has 7 heteroatoms. The Bertz CT molecular complexity index is 1380. The maximum absolute atomic E-state index is 12.6. The summed E-state index contributed by atoms with van der Waals surface area (Å²) in [5.41, 5.74) is 6.97. The van der Waals surface area contributed by atoms with Crippen molar-refractivity contribution in [3.8, 4) is 22.5 Å². The highest BCUT2D eigenvalue weighted by Crippen LogP contribution is 2.33. The molecule has 5 rings (SSSR count). The minimum absolute atomic E-state index is 0.0439. The molecule has 35 heavy (non-hydrogen) atoms. The molecule has 0 saturated carbocycles. The van der Waals surface area contributed by atoms with Gasteiger partial charge in [-0.2, -0.15) is 0 Å². The summed E-state index contributed by atoms with van der Waals surface area (Å²) in [5, 5.41) is 9.69. The summed E-state index contributed by atoms with van der Waals surface area (Å²) in [7, 11) is 0. The Balaban J connectivity index is 1.33. The predicted molar refractivity (Wildman–Crippen MR) is 133 cm³/mol. The Morgan fingerprint density at radius 2 is 1.71 bits per heavy atom. The second kappa shape index (κ2) is 9.46. The van der Waals surface area contributed by atoms with Gasteiger partial charge in [-0.3, -0.25) is 10.1 Å². The monoisotopic (exact) mass is 467 g/mol. The SMILES string of the molecule is Cc1noc(-c2ccc(-c3ccc4c(c3)CC(=O)NC4)cc2)c1NC(=O)OC(C)c1ccccc1. The highest BCUT2D eigenvalue weighted by atomic mass is 16.6. The topological polar surface area (TPSA) is 93.5 Å². The van der Waals surface area contributed by atoms with Gasteiger partial charge in [-0.05, 0) is 41.7 Å². The minimum Gasteiger partial charge on any atom is -0.441 e. The fourth-order valence-electron chi connectivity index (χ4n) is 4.18. The van der Waals surface area contributed by atoms with Gasteiger partial charge in [0.15, 0.2) is 5.76 Å². The number of anilines is 1. The second-order valence-electron chi connectivity index (χ2n) is 8.57. The van der Waals surface area contributed by atoms with Gasteiger partial charge in [0.2, 0.25) is 5.91 Å². The van der Waals surface area contributed by atoms with Gasteiger partial charge in [0.25, 0.3) is 0 Å². The lowest BCUT2D eigenvalue weighted by Gasteiger charge is -2.17. The highest BCUT2D eigenvalue weighted by Gasteiger charge is 2.20. The summed E-state index contributed by atoms with van der Waals surface area (Å²) in [5.74, 6) is 0.503. The fraction of sp³-hybridized carbons (Fsp3) is 0.179. The molecule has 1 atom stereocenters. The van der Waals surface area contributed by atoms with Crippen LogP contribution in [0.1, 0.15) is 35.4 Å². The lowest BCUT2D eigenvalue weighted by molar-refractivity contribution is -0.121. The molecule has 0 bridgehead atoms. The van der Waals surface area contributed by atoms with Crippen LogP contribution in [-0.2, 0) is 22.5 Å². The molecular formula is C28H25N3O4. The zero-order chi connectivity index (χ0) is 24.4. The van der Waals surface area contributed by atoms with E-state index in [1.807, 2.05) is 61.5 Å². The molecule has 7 nitrogen and oxygen atoms in total. The molecule has 1 aliphatic heterocycles. The summed E-state index contributed by atoms with van der Waals surface area (Å²) in [6.45, 7) is 4.16. The van der Waals surface area contributed by atoms with Gasteiger partial charge >= 0.3 is 6.09 Å². The second-order valence-corrected chi connectivity index (χ2v) is 8.57. The summed E-state index contributed by atoms with van der Waals surface area (Å²) < 4.78 is 11.1. The van der Waals surface area contributed by atoms with Crippen LogP contribution in [0.4, 0.5) is 10.5 Å². The zero-order valence-corrected chi connectivity index (χ0v) is 19.5. The third kappa shape index (κ3) is 4.80. The number of carbonyl (C=O) groups excluding carboxylic acids is 2. The number of rotatable bonds is 5. The zero-order valence-electron chi connectivity index (χ0n) is 19.5. The molecule has 2 heterocycles. The summed E-state index contributed by atoms with van der Waals surface area (Å²) >= 11 is 0. The molecule has 2 amide bonds. The van der Waals surface area contributed by atoms with Crippen LogP contribution in [0.2, 0.25) is 0 Å². The van der Waals surface area contributed by atoms with Crippen molar-refractivity contribution in [3.63, 3.8) is 0 Å². The normalized spacial score (nSPS) is 13.5. The number of hydrogen-bond donors (Lipinski definition) is 2. The Hall–Kier alpha value is -4.39. The first-order valence-corrected chi connectivity index (χ1v) is 11.5. The number of ether oxygens (including phenoxy) is 1. The van der Waals surface area contributed by atoms with Crippen molar-refractivity contribution in [2.45, 2.75) is 32.9 Å². The van der Waals surface area contributed by atoms with E-state index in [1.165, 1.54) is 0 Å². The van der Waals surface area contributed by atoms with Crippen molar-refractivity contribution >= 4 is 17.7 Å². The van der Waals surface area contributed by atoms with Crippen molar-refractivity contribution in [1.29, 1.82) is 0 Å². The third-order valence-electron chi connectivity index (χ3n) is 6.16. The predicted octanol–water partition coefficient (Wildman–Crippen LogP) is 5.80. The van der Waals surface area contributed by atoms with E-state index in [1.54, 1.807) is 6.92 Å². The standard InChI is InChI=1S/C28H25N3O4/c1-17-26(30-28(33)34-18(2)19-6-4-3-5-7-19)27(35-31-17)21-10-8-20(9-11-21)22-12-13-23-16-29-25(32)15-24(23)14-22/h3-14,18H,15-16H2,1-2H3,(H,29,32)(H,30,33). The molecule has 0 aliphatic carbocycles. The Labute approximate surface area is 203 Å². The van der Waals surface area contributed by atoms with Crippen LogP contribution in [0, 0.1) is 6.92 Å². The first-order valence-electron chi connectivity index (χ1n) is 11.5. The minimum atomic E-state index is -0.580. The van der Waals surface area contributed by atoms with Crippen LogP contribution in [0.25, 0.3) is 22.5 Å². The van der Waals surface area contributed by atoms with Gasteiger partial charge in [-0.25, -0.2) is 4.79 Å². The first-order chi connectivity index (χ1) is 17.0. The number of amides is 2. The van der Waals surface area contributed by atoms with Gasteiger partial charge in [0.05, 0.1) is 6.42 Å². The molecule has 1 aliphatic rings. The molecule has 2 N–H and O–H groups in total. The number of aryl methyl sites for hydroxylation is 1. The lowest BCUT2D eigenvalue weighted by atomic mass is 9.94. The number of hydrogen-bond acceptors (Lipinski definition) is 5. The van der Waals surface area contributed by atoms with Gasteiger partial charge < -0.3 is 14.6 Å². The van der Waals surface area contributed by atoms with Crippen LogP contribution in [0.3, 0.4) is 0 Å². The van der Waals surface area contributed by atoms with E-state index in [0.29, 0.717) is 30.1 Å². The molecular weight excluding hydrogens is 442 g/mol. The molecule has 1 aromatic heterocycles. The fourth-order valence-corrected chi connectivity index (χ4v) is 4.18. The van der Waals surface area contributed by atoms with E-state index < -0.39 is 12.2 Å². The van der Waals surface area contributed by atoms with E-state index in [0.717, 1.165) is 33.4 Å². The number of aromatic nitrogens is 1. The average molecular weight is 468 g/mol. The Kier molecular flexibility index (Phi) is 6.06. The average Bonchev–Trinajstić information content (AvgIpc) is 3.23. The van der Waals surface area contributed by atoms with Crippen molar-refractivity contribution in [1.82, 2.24) is 10.5 Å². The highest BCUT2D eigenvalue weighted by molar-refractivity contribution is 5.91. The van der Waals surface area contributed by atoms with Crippen molar-refractivity contribution in [2.75, 3.05) is 5.32 Å². The van der Waals surface area contributed by atoms with Crippen LogP contribution >= 0.6 is 0 Å². The van der Waals surface area contributed by atoms with Crippen molar-refractivity contribution in [3.05, 3.63) is 95.2 Å². The number of nitrogens with one attached hydrogen (secondary N) is 2. The third-order valence-corrected chi connectivity index (χ3v) is 6.16. The van der Waals surface area contributed by atoms with Crippen LogP contribution in [-0.4, -0.2) is 17.2 Å². The van der Waals surface area contributed by atoms with Crippen molar-refractivity contribution < 1.29 is 18.8 Å². The maximum Gasteiger partial charge on any atom is 0.412 e. The molecule has 1 unspecified atom stereocenters. The largest absolute Gasteiger partial charge is 0.441 e. The summed E-state index contributed by atoms with van der Waals surface area (Å²) in [6, 6.07) is 23.5. The van der Waals surface area contributed by atoms with E-state index in [2.05, 4.69) is 34.0 Å². The maximum atomic E-state index is 12.6. The molecule has 0 fully saturated rings. The van der Waals surface area contributed by atoms with Gasteiger partial charge in [0, 0.05) is 12.1 Å². The smallest absolute Gasteiger partial charge is 0.412 e. The van der Waals surface area contributed by atoms with Gasteiger partial charge in [-0.1, -0.05) is 78.0 Å². The quantitative estimate of drug-likeness (QED) is 0.387. The first kappa shape index (κ1) is 22.4. The molecule has 4 aromatic rings. The van der Waals surface area contributed by atoms with Crippen LogP contribution < -0.4 is 10.6 Å². The van der Waals surface area contributed by atoms with E-state index in [9.17, 15) is 9.59 Å². The molecule has 3 aromatic carbocycles. The van der Waals surface area contributed by atoms with Gasteiger partial charge in [0.1, 0.15) is 17.5 Å². The van der Waals surface area contributed by atoms with Gasteiger partial charge in [-0.15, -0.1) is 0 Å². The Morgan fingerprint density at radius 3 is 2.49 bits per heavy atom. The summed E-state index contributed by atoms with van der Waals surface area (Å²) in [6.07, 6.45) is -0.586. The molecule has 0 spiro atoms. The lowest BCUT2D eigenvalue weighted by Crippen LogP contribution is -2.30.